The zero-order valence-corrected chi connectivity index (χ0v) is 9.84. The van der Waals surface area contributed by atoms with Crippen LogP contribution in [0.5, 0.6) is 0 Å². The van der Waals surface area contributed by atoms with Crippen LogP contribution in [0.3, 0.4) is 0 Å². The lowest BCUT2D eigenvalue weighted by Crippen LogP contribution is -2.34. The average molecular weight is 251 g/mol. The normalized spacial score (nSPS) is 9.39. The van der Waals surface area contributed by atoms with E-state index in [1.807, 2.05) is 5.32 Å². The first-order chi connectivity index (χ1) is 8.63. The molecule has 0 radical (unpaired) electrons. The lowest BCUT2D eigenvalue weighted by Gasteiger charge is -2.05. The second-order valence-corrected chi connectivity index (χ2v) is 3.21. The maximum Gasteiger partial charge on any atom is 0.413 e. The molecular formula is C12H13NO5. The molecule has 0 atom stereocenters. The van der Waals surface area contributed by atoms with Crippen molar-refractivity contribution in [2.45, 2.75) is 6.92 Å². The van der Waals surface area contributed by atoms with Gasteiger partial charge in [-0.05, 0) is 19.1 Å². The molecule has 18 heavy (non-hydrogen) atoms. The molecule has 1 aromatic carbocycles. The summed E-state index contributed by atoms with van der Waals surface area (Å²) in [6.45, 7) is 1.23. The van der Waals surface area contributed by atoms with Crippen molar-refractivity contribution < 1.29 is 23.9 Å². The second-order valence-electron chi connectivity index (χ2n) is 3.21. The summed E-state index contributed by atoms with van der Waals surface area (Å²) in [6, 6.07) is 8.23. The fraction of sp³-hybridized carbons (Fsp3) is 0.250. The van der Waals surface area contributed by atoms with Gasteiger partial charge in [-0.25, -0.2) is 9.59 Å². The second kappa shape index (κ2) is 7.05. The molecule has 0 spiro atoms. The third kappa shape index (κ3) is 4.65. The molecular weight excluding hydrogens is 238 g/mol. The molecule has 0 bridgehead atoms. The Kier molecular flexibility index (Phi) is 5.37. The van der Waals surface area contributed by atoms with Gasteiger partial charge >= 0.3 is 12.1 Å². The summed E-state index contributed by atoms with van der Waals surface area (Å²) in [5, 5.41) is 1.91. The van der Waals surface area contributed by atoms with Crippen molar-refractivity contribution in [3.8, 4) is 0 Å². The Morgan fingerprint density at radius 1 is 1.11 bits per heavy atom. The van der Waals surface area contributed by atoms with Gasteiger partial charge in [0.25, 0.3) is 5.91 Å². The SMILES string of the molecule is CCOC(=O)NC(=O)COC(=O)c1ccccc1. The molecule has 6 heteroatoms. The molecule has 96 valence electrons. The monoisotopic (exact) mass is 251 g/mol. The summed E-state index contributed by atoms with van der Waals surface area (Å²) >= 11 is 0. The van der Waals surface area contributed by atoms with Crippen LogP contribution in [0.2, 0.25) is 0 Å². The smallest absolute Gasteiger partial charge is 0.413 e. The van der Waals surface area contributed by atoms with Crippen LogP contribution in [0.15, 0.2) is 30.3 Å². The minimum Gasteiger partial charge on any atom is -0.452 e. The molecule has 1 N–H and O–H groups in total. The molecule has 0 saturated heterocycles. The number of hydrogen-bond acceptors (Lipinski definition) is 5. The number of alkyl carbamates (subject to hydrolysis) is 1. The molecule has 1 rings (SSSR count). The number of amides is 2. The molecule has 0 fully saturated rings. The van der Waals surface area contributed by atoms with Crippen molar-refractivity contribution in [1.29, 1.82) is 0 Å². The number of ether oxygens (including phenoxy) is 2. The van der Waals surface area contributed by atoms with Gasteiger partial charge < -0.3 is 9.47 Å². The van der Waals surface area contributed by atoms with E-state index in [4.69, 9.17) is 4.74 Å². The molecule has 0 saturated carbocycles. The van der Waals surface area contributed by atoms with Gasteiger partial charge in [-0.3, -0.25) is 10.1 Å². The van der Waals surface area contributed by atoms with Crippen molar-refractivity contribution in [3.05, 3.63) is 35.9 Å². The Labute approximate surface area is 104 Å². The molecule has 2 amide bonds. The van der Waals surface area contributed by atoms with E-state index in [-0.39, 0.29) is 6.61 Å². The topological polar surface area (TPSA) is 81.7 Å². The van der Waals surface area contributed by atoms with E-state index in [9.17, 15) is 14.4 Å². The highest BCUT2D eigenvalue weighted by Crippen LogP contribution is 2.00. The molecule has 1 aromatic rings. The van der Waals surface area contributed by atoms with E-state index in [0.717, 1.165) is 0 Å². The van der Waals surface area contributed by atoms with Crippen molar-refractivity contribution >= 4 is 18.0 Å². The summed E-state index contributed by atoms with van der Waals surface area (Å²) in [5.41, 5.74) is 0.335. The highest BCUT2D eigenvalue weighted by molar-refractivity contribution is 5.95. The number of carbonyl (C=O) groups excluding carboxylic acids is 3. The maximum atomic E-state index is 11.4. The first-order valence-electron chi connectivity index (χ1n) is 5.32. The van der Waals surface area contributed by atoms with Gasteiger partial charge in [0, 0.05) is 0 Å². The zero-order valence-electron chi connectivity index (χ0n) is 9.84. The van der Waals surface area contributed by atoms with Gasteiger partial charge in [-0.15, -0.1) is 0 Å². The Bertz CT molecular complexity index is 429. The Morgan fingerprint density at radius 2 is 1.78 bits per heavy atom. The van der Waals surface area contributed by atoms with Gasteiger partial charge in [0.05, 0.1) is 12.2 Å². The maximum absolute atomic E-state index is 11.4. The van der Waals surface area contributed by atoms with Crippen LogP contribution in [0.4, 0.5) is 4.79 Å². The van der Waals surface area contributed by atoms with Gasteiger partial charge in [-0.1, -0.05) is 18.2 Å². The minimum absolute atomic E-state index is 0.156. The summed E-state index contributed by atoms with van der Waals surface area (Å²) < 4.78 is 9.20. The minimum atomic E-state index is -0.863. The highest BCUT2D eigenvalue weighted by atomic mass is 16.6. The van der Waals surface area contributed by atoms with E-state index in [1.165, 1.54) is 0 Å². The molecule has 0 aliphatic heterocycles. The lowest BCUT2D eigenvalue weighted by molar-refractivity contribution is -0.123. The fourth-order valence-electron chi connectivity index (χ4n) is 1.11. The first-order valence-corrected chi connectivity index (χ1v) is 5.32. The van der Waals surface area contributed by atoms with Gasteiger partial charge in [-0.2, -0.15) is 0 Å². The van der Waals surface area contributed by atoms with E-state index in [0.29, 0.717) is 5.56 Å². The summed E-state index contributed by atoms with van der Waals surface area (Å²) in [4.78, 5) is 33.5. The number of nitrogens with one attached hydrogen (secondary N) is 1. The summed E-state index contributed by atoms with van der Waals surface area (Å²) in [5.74, 6) is -1.37. The van der Waals surface area contributed by atoms with E-state index >= 15 is 0 Å². The van der Waals surface area contributed by atoms with E-state index in [1.54, 1.807) is 37.3 Å². The molecule has 0 unspecified atom stereocenters. The van der Waals surface area contributed by atoms with Gasteiger partial charge in [0.15, 0.2) is 6.61 Å². The van der Waals surface area contributed by atoms with E-state index in [2.05, 4.69) is 4.74 Å². The number of rotatable bonds is 4. The third-order valence-corrected chi connectivity index (χ3v) is 1.86. The van der Waals surface area contributed by atoms with Crippen LogP contribution in [0.1, 0.15) is 17.3 Å². The number of benzene rings is 1. The summed E-state index contributed by atoms with van der Waals surface area (Å²) in [6.07, 6.45) is -0.863. The van der Waals surface area contributed by atoms with E-state index < -0.39 is 24.6 Å². The summed E-state index contributed by atoms with van der Waals surface area (Å²) in [7, 11) is 0. The quantitative estimate of drug-likeness (QED) is 0.811. The highest BCUT2D eigenvalue weighted by Gasteiger charge is 2.12. The standard InChI is InChI=1S/C12H13NO5/c1-2-17-12(16)13-10(14)8-18-11(15)9-6-4-3-5-7-9/h3-7H,2,8H2,1H3,(H,13,14,16). The van der Waals surface area contributed by atoms with Crippen molar-refractivity contribution in [2.24, 2.45) is 0 Å². The third-order valence-electron chi connectivity index (χ3n) is 1.86. The van der Waals surface area contributed by atoms with Crippen LogP contribution in [0.25, 0.3) is 0 Å². The first kappa shape index (κ1) is 13.7. The van der Waals surface area contributed by atoms with Crippen LogP contribution >= 0.6 is 0 Å². The molecule has 0 heterocycles. The largest absolute Gasteiger partial charge is 0.452 e. The number of carbonyl (C=O) groups is 3. The Morgan fingerprint density at radius 3 is 2.39 bits per heavy atom. The van der Waals surface area contributed by atoms with Crippen LogP contribution in [0, 0.1) is 0 Å². The molecule has 6 nitrogen and oxygen atoms in total. The van der Waals surface area contributed by atoms with Crippen molar-refractivity contribution in [1.82, 2.24) is 5.32 Å². The Hall–Kier alpha value is -2.37. The zero-order chi connectivity index (χ0) is 13.4. The average Bonchev–Trinajstić information content (AvgIpc) is 2.37. The molecule has 0 aliphatic rings. The number of hydrogen-bond donors (Lipinski definition) is 1. The Balaban J connectivity index is 2.35. The van der Waals surface area contributed by atoms with Crippen molar-refractivity contribution in [2.75, 3.05) is 13.2 Å². The fourth-order valence-corrected chi connectivity index (χ4v) is 1.11. The lowest BCUT2D eigenvalue weighted by atomic mass is 10.2. The molecule has 0 aromatic heterocycles. The van der Waals surface area contributed by atoms with Crippen LogP contribution in [-0.4, -0.2) is 31.2 Å². The van der Waals surface area contributed by atoms with Gasteiger partial charge in [0.2, 0.25) is 0 Å². The van der Waals surface area contributed by atoms with Crippen LogP contribution < -0.4 is 5.32 Å². The van der Waals surface area contributed by atoms with Crippen LogP contribution in [-0.2, 0) is 14.3 Å². The molecule has 0 aliphatic carbocycles. The number of esters is 1. The van der Waals surface area contributed by atoms with Gasteiger partial charge in [0.1, 0.15) is 0 Å². The predicted octanol–water partition coefficient (Wildman–Crippen LogP) is 1.12. The number of imide groups is 1. The van der Waals surface area contributed by atoms with Crippen molar-refractivity contribution in [3.63, 3.8) is 0 Å². The predicted molar refractivity (Wildman–Crippen MR) is 61.9 cm³/mol.